The van der Waals surface area contributed by atoms with Crippen molar-refractivity contribution in [2.24, 2.45) is 0 Å². The number of hydrogen-bond acceptors (Lipinski definition) is 3. The van der Waals surface area contributed by atoms with E-state index in [1.54, 1.807) is 6.92 Å². The third kappa shape index (κ3) is 2.96. The molecule has 0 radical (unpaired) electrons. The highest BCUT2D eigenvalue weighted by Gasteiger charge is 2.21. The first kappa shape index (κ1) is 13.5. The summed E-state index contributed by atoms with van der Waals surface area (Å²) < 4.78 is 39.2. The van der Waals surface area contributed by atoms with Crippen molar-refractivity contribution in [3.63, 3.8) is 0 Å². The number of halogens is 1. The fraction of sp³-hybridized carbons (Fsp3) is 0.273. The zero-order valence-corrected chi connectivity index (χ0v) is 10.1. The van der Waals surface area contributed by atoms with Gasteiger partial charge >= 0.3 is 0 Å². The molecule has 0 bridgehead atoms. The largest absolute Gasteiger partial charge is 0.395 e. The number of anilines is 1. The zero-order valence-electron chi connectivity index (χ0n) is 9.27. The summed E-state index contributed by atoms with van der Waals surface area (Å²) in [6, 6.07) is 2.95. The van der Waals surface area contributed by atoms with Crippen LogP contribution < -0.4 is 10.5 Å². The highest BCUT2D eigenvalue weighted by molar-refractivity contribution is 7.89. The van der Waals surface area contributed by atoms with Crippen molar-refractivity contribution in [3.8, 4) is 12.3 Å². The van der Waals surface area contributed by atoms with Gasteiger partial charge in [-0.05, 0) is 18.6 Å². The molecule has 0 aliphatic rings. The van der Waals surface area contributed by atoms with E-state index in [-0.39, 0.29) is 4.90 Å². The maximum Gasteiger partial charge on any atom is 0.243 e. The van der Waals surface area contributed by atoms with E-state index in [2.05, 4.69) is 10.6 Å². The molecule has 0 amide bonds. The lowest BCUT2D eigenvalue weighted by Crippen LogP contribution is -2.33. The van der Waals surface area contributed by atoms with Crippen molar-refractivity contribution >= 4 is 15.7 Å². The molecule has 17 heavy (non-hydrogen) atoms. The molecule has 6 heteroatoms. The smallest absolute Gasteiger partial charge is 0.243 e. The molecule has 0 heterocycles. The summed E-state index contributed by atoms with van der Waals surface area (Å²) in [5, 5.41) is 0. The monoisotopic (exact) mass is 256 g/mol. The molecule has 0 spiro atoms. The molecule has 0 saturated carbocycles. The molecule has 0 saturated heterocycles. The minimum absolute atomic E-state index is 0.300. The van der Waals surface area contributed by atoms with Gasteiger partial charge in [0.1, 0.15) is 10.7 Å². The summed E-state index contributed by atoms with van der Waals surface area (Å²) in [4.78, 5) is -0.300. The van der Waals surface area contributed by atoms with Crippen LogP contribution in [0.3, 0.4) is 0 Å². The number of benzene rings is 1. The molecule has 1 atom stereocenters. The molecule has 1 unspecified atom stereocenters. The van der Waals surface area contributed by atoms with Gasteiger partial charge in [0.05, 0.1) is 11.7 Å². The number of sulfonamides is 1. The number of nitrogens with two attached hydrogens (primary N) is 1. The lowest BCUT2D eigenvalue weighted by Gasteiger charge is -2.13. The van der Waals surface area contributed by atoms with Crippen LogP contribution in [-0.4, -0.2) is 14.5 Å². The van der Waals surface area contributed by atoms with Gasteiger partial charge in [0, 0.05) is 0 Å². The van der Waals surface area contributed by atoms with Crippen LogP contribution in [0, 0.1) is 18.2 Å². The van der Waals surface area contributed by atoms with Crippen molar-refractivity contribution in [1.29, 1.82) is 0 Å². The van der Waals surface area contributed by atoms with E-state index in [0.717, 1.165) is 6.07 Å². The van der Waals surface area contributed by atoms with E-state index in [4.69, 9.17) is 12.2 Å². The van der Waals surface area contributed by atoms with Crippen LogP contribution >= 0.6 is 0 Å². The summed E-state index contributed by atoms with van der Waals surface area (Å²) in [5.74, 6) is 1.51. The summed E-state index contributed by atoms with van der Waals surface area (Å²) in [5.41, 5.74) is 4.97. The molecule has 0 aliphatic heterocycles. The Kier molecular flexibility index (Phi) is 4.10. The number of para-hydroxylation sites is 1. The molecular formula is C11H13FN2O2S. The Labute approximate surface area is 100 Å². The third-order valence-corrected chi connectivity index (χ3v) is 3.74. The van der Waals surface area contributed by atoms with Crippen LogP contribution in [-0.2, 0) is 10.0 Å². The highest BCUT2D eigenvalue weighted by atomic mass is 32.2. The van der Waals surface area contributed by atoms with Gasteiger partial charge in [0.2, 0.25) is 10.0 Å². The van der Waals surface area contributed by atoms with Crippen molar-refractivity contribution in [1.82, 2.24) is 4.72 Å². The average Bonchev–Trinajstić information content (AvgIpc) is 2.29. The predicted molar refractivity (Wildman–Crippen MR) is 64.0 cm³/mol. The lowest BCUT2D eigenvalue weighted by atomic mass is 10.3. The minimum Gasteiger partial charge on any atom is -0.395 e. The van der Waals surface area contributed by atoms with E-state index in [1.165, 1.54) is 12.1 Å². The van der Waals surface area contributed by atoms with Crippen molar-refractivity contribution in [3.05, 3.63) is 24.0 Å². The Morgan fingerprint density at radius 1 is 1.59 bits per heavy atom. The van der Waals surface area contributed by atoms with E-state index in [1.807, 2.05) is 0 Å². The SMILES string of the molecule is C#CC(CC)NS(=O)(=O)c1cccc(F)c1N. The van der Waals surface area contributed by atoms with Gasteiger partial charge < -0.3 is 5.73 Å². The number of nitrogen functional groups attached to an aromatic ring is 1. The second kappa shape index (κ2) is 5.17. The van der Waals surface area contributed by atoms with Crippen molar-refractivity contribution in [2.75, 3.05) is 5.73 Å². The molecule has 0 fully saturated rings. The number of nitrogens with one attached hydrogen (secondary N) is 1. The van der Waals surface area contributed by atoms with Gasteiger partial charge in [-0.2, -0.15) is 4.72 Å². The Hall–Kier alpha value is -1.58. The number of hydrogen-bond donors (Lipinski definition) is 2. The first-order chi connectivity index (χ1) is 7.92. The summed E-state index contributed by atoms with van der Waals surface area (Å²) in [6.07, 6.45) is 5.59. The van der Waals surface area contributed by atoms with Crippen LogP contribution in [0.2, 0.25) is 0 Å². The number of rotatable bonds is 4. The first-order valence-electron chi connectivity index (χ1n) is 4.94. The van der Waals surface area contributed by atoms with Crippen LogP contribution in [0.25, 0.3) is 0 Å². The molecule has 1 aromatic carbocycles. The zero-order chi connectivity index (χ0) is 13.1. The molecule has 4 nitrogen and oxygen atoms in total. The topological polar surface area (TPSA) is 72.2 Å². The van der Waals surface area contributed by atoms with Crippen molar-refractivity contribution < 1.29 is 12.8 Å². The third-order valence-electron chi connectivity index (χ3n) is 2.21. The van der Waals surface area contributed by atoms with Gasteiger partial charge in [-0.1, -0.05) is 18.9 Å². The molecule has 0 aliphatic carbocycles. The predicted octanol–water partition coefficient (Wildman–Crippen LogP) is 1.10. The maximum atomic E-state index is 13.2. The normalized spacial score (nSPS) is 13.0. The average molecular weight is 256 g/mol. The minimum atomic E-state index is -3.89. The highest BCUT2D eigenvalue weighted by Crippen LogP contribution is 2.21. The Morgan fingerprint density at radius 2 is 2.24 bits per heavy atom. The molecule has 1 rings (SSSR count). The fourth-order valence-electron chi connectivity index (χ4n) is 1.24. The summed E-state index contributed by atoms with van der Waals surface area (Å²) in [6.45, 7) is 1.74. The fourth-order valence-corrected chi connectivity index (χ4v) is 2.62. The first-order valence-corrected chi connectivity index (χ1v) is 6.43. The molecule has 1 aromatic rings. The standard InChI is InChI=1S/C11H13FN2O2S/c1-3-8(4-2)14-17(15,16)10-7-5-6-9(12)11(10)13/h1,5-8,14H,4,13H2,2H3. The van der Waals surface area contributed by atoms with Gasteiger partial charge in [0.15, 0.2) is 0 Å². The quantitative estimate of drug-likeness (QED) is 0.626. The van der Waals surface area contributed by atoms with E-state index < -0.39 is 27.6 Å². The van der Waals surface area contributed by atoms with Crippen LogP contribution in [0.5, 0.6) is 0 Å². The van der Waals surface area contributed by atoms with Gasteiger partial charge in [0.25, 0.3) is 0 Å². The molecule has 3 N–H and O–H groups in total. The van der Waals surface area contributed by atoms with E-state index in [9.17, 15) is 12.8 Å². The summed E-state index contributed by atoms with van der Waals surface area (Å²) >= 11 is 0. The van der Waals surface area contributed by atoms with E-state index in [0.29, 0.717) is 6.42 Å². The maximum absolute atomic E-state index is 13.2. The van der Waals surface area contributed by atoms with Gasteiger partial charge in [-0.3, -0.25) is 0 Å². The van der Waals surface area contributed by atoms with Crippen LogP contribution in [0.15, 0.2) is 23.1 Å². The Bertz CT molecular complexity index is 549. The van der Waals surface area contributed by atoms with Gasteiger partial charge in [-0.25, -0.2) is 12.8 Å². The Morgan fingerprint density at radius 3 is 2.76 bits per heavy atom. The Balaban J connectivity index is 3.15. The number of terminal acetylenes is 1. The second-order valence-corrected chi connectivity index (χ2v) is 5.08. The van der Waals surface area contributed by atoms with Gasteiger partial charge in [-0.15, -0.1) is 6.42 Å². The van der Waals surface area contributed by atoms with Crippen molar-refractivity contribution in [2.45, 2.75) is 24.3 Å². The van der Waals surface area contributed by atoms with E-state index >= 15 is 0 Å². The molecule has 92 valence electrons. The second-order valence-electron chi connectivity index (χ2n) is 3.40. The lowest BCUT2D eigenvalue weighted by molar-refractivity contribution is 0.568. The van der Waals surface area contributed by atoms with Crippen LogP contribution in [0.4, 0.5) is 10.1 Å². The molecule has 0 aromatic heterocycles. The van der Waals surface area contributed by atoms with Crippen LogP contribution in [0.1, 0.15) is 13.3 Å². The molecular weight excluding hydrogens is 243 g/mol. The summed E-state index contributed by atoms with van der Waals surface area (Å²) in [7, 11) is -3.89.